The summed E-state index contributed by atoms with van der Waals surface area (Å²) in [4.78, 5) is 2.85. The molecule has 2 saturated carbocycles. The molecule has 3 rings (SSSR count). The van der Waals surface area contributed by atoms with Crippen LogP contribution < -0.4 is 0 Å². The smallest absolute Gasteiger partial charge is 0.0101 e. The first-order chi connectivity index (χ1) is 9.88. The Morgan fingerprint density at radius 1 is 0.857 bits per heavy atom. The molecule has 1 heterocycles. The molecule has 2 aliphatic carbocycles. The summed E-state index contributed by atoms with van der Waals surface area (Å²) in [6, 6.07) is 0.934. The first kappa shape index (κ1) is 15.8. The van der Waals surface area contributed by atoms with Crippen molar-refractivity contribution in [2.24, 2.45) is 22.7 Å². The van der Waals surface area contributed by atoms with Crippen molar-refractivity contribution in [2.45, 2.75) is 91.5 Å². The van der Waals surface area contributed by atoms with E-state index in [2.05, 4.69) is 32.6 Å². The molecule has 0 amide bonds. The van der Waals surface area contributed by atoms with E-state index in [1.165, 1.54) is 70.9 Å². The maximum Gasteiger partial charge on any atom is 0.0101 e. The normalized spacial score (nSPS) is 40.0. The number of hydrogen-bond donors (Lipinski definition) is 0. The van der Waals surface area contributed by atoms with Crippen LogP contribution in [0, 0.1) is 22.7 Å². The third kappa shape index (κ3) is 3.49. The van der Waals surface area contributed by atoms with Gasteiger partial charge in [-0.05, 0) is 93.5 Å². The van der Waals surface area contributed by atoms with Gasteiger partial charge in [-0.3, -0.25) is 0 Å². The van der Waals surface area contributed by atoms with Crippen molar-refractivity contribution < 1.29 is 0 Å². The standard InChI is InChI=1S/C20H37N/c1-16-8-13-21(14-9-16)18-7-12-20(15-18)10-5-17(6-11-20)19(2,3)4/h16-18H,5-15H2,1-4H3. The van der Waals surface area contributed by atoms with Crippen molar-refractivity contribution in [1.29, 1.82) is 0 Å². The van der Waals surface area contributed by atoms with Gasteiger partial charge in [0.25, 0.3) is 0 Å². The van der Waals surface area contributed by atoms with Crippen LogP contribution in [0.25, 0.3) is 0 Å². The predicted molar refractivity (Wildman–Crippen MR) is 91.5 cm³/mol. The number of hydrogen-bond acceptors (Lipinski definition) is 1. The van der Waals surface area contributed by atoms with E-state index in [1.807, 2.05) is 0 Å². The summed E-state index contributed by atoms with van der Waals surface area (Å²) < 4.78 is 0. The van der Waals surface area contributed by atoms with E-state index in [1.54, 1.807) is 0 Å². The van der Waals surface area contributed by atoms with Gasteiger partial charge < -0.3 is 4.90 Å². The number of likely N-dealkylation sites (tertiary alicyclic amines) is 1. The Hall–Kier alpha value is -0.0400. The van der Waals surface area contributed by atoms with Gasteiger partial charge in [0.05, 0.1) is 0 Å². The Bertz CT molecular complexity index is 337. The van der Waals surface area contributed by atoms with E-state index in [-0.39, 0.29) is 0 Å². The molecular formula is C20H37N. The van der Waals surface area contributed by atoms with Gasteiger partial charge in [-0.2, -0.15) is 0 Å². The zero-order chi connectivity index (χ0) is 15.1. The Kier molecular flexibility index (Phi) is 4.43. The first-order valence-electron chi connectivity index (χ1n) is 9.62. The predicted octanol–water partition coefficient (Wildman–Crippen LogP) is 5.49. The van der Waals surface area contributed by atoms with Crippen molar-refractivity contribution in [3.63, 3.8) is 0 Å². The lowest BCUT2D eigenvalue weighted by Crippen LogP contribution is -2.40. The van der Waals surface area contributed by atoms with Gasteiger partial charge in [0, 0.05) is 6.04 Å². The molecule has 3 aliphatic rings. The van der Waals surface area contributed by atoms with Crippen LogP contribution in [0.4, 0.5) is 0 Å². The van der Waals surface area contributed by atoms with Crippen LogP contribution in [0.2, 0.25) is 0 Å². The van der Waals surface area contributed by atoms with Gasteiger partial charge in [-0.15, -0.1) is 0 Å². The molecule has 1 heteroatoms. The Balaban J connectivity index is 1.53. The molecule has 3 fully saturated rings. The van der Waals surface area contributed by atoms with E-state index in [0.717, 1.165) is 23.3 Å². The van der Waals surface area contributed by atoms with Crippen molar-refractivity contribution in [2.75, 3.05) is 13.1 Å². The van der Waals surface area contributed by atoms with E-state index in [9.17, 15) is 0 Å². The lowest BCUT2D eigenvalue weighted by molar-refractivity contribution is 0.0767. The van der Waals surface area contributed by atoms with Crippen molar-refractivity contribution in [3.05, 3.63) is 0 Å². The summed E-state index contributed by atoms with van der Waals surface area (Å²) in [6.07, 6.45) is 13.5. The molecule has 0 bridgehead atoms. The maximum atomic E-state index is 2.85. The average Bonchev–Trinajstić information content (AvgIpc) is 2.83. The number of rotatable bonds is 1. The lowest BCUT2D eigenvalue weighted by Gasteiger charge is -2.43. The van der Waals surface area contributed by atoms with Gasteiger partial charge >= 0.3 is 0 Å². The quantitative estimate of drug-likeness (QED) is 0.617. The molecule has 0 aromatic heterocycles. The number of nitrogens with zero attached hydrogens (tertiary/aromatic N) is 1. The highest BCUT2D eigenvalue weighted by Crippen LogP contribution is 2.54. The van der Waals surface area contributed by atoms with Crippen molar-refractivity contribution in [3.8, 4) is 0 Å². The van der Waals surface area contributed by atoms with Crippen LogP contribution in [-0.2, 0) is 0 Å². The van der Waals surface area contributed by atoms with Gasteiger partial charge in [0.1, 0.15) is 0 Å². The lowest BCUT2D eigenvalue weighted by atomic mass is 9.63. The zero-order valence-electron chi connectivity index (χ0n) is 15.0. The minimum atomic E-state index is 0.530. The monoisotopic (exact) mass is 291 g/mol. The second-order valence-electron chi connectivity index (χ2n) is 9.76. The van der Waals surface area contributed by atoms with E-state index in [0.29, 0.717) is 5.41 Å². The van der Waals surface area contributed by atoms with E-state index in [4.69, 9.17) is 0 Å². The minimum Gasteiger partial charge on any atom is -0.300 e. The molecule has 0 aromatic rings. The zero-order valence-corrected chi connectivity index (χ0v) is 15.0. The van der Waals surface area contributed by atoms with Crippen LogP contribution >= 0.6 is 0 Å². The van der Waals surface area contributed by atoms with Crippen LogP contribution in [-0.4, -0.2) is 24.0 Å². The summed E-state index contributed by atoms with van der Waals surface area (Å²) in [5, 5.41) is 0. The summed E-state index contributed by atoms with van der Waals surface area (Å²) in [5.41, 5.74) is 1.28. The fourth-order valence-electron chi connectivity index (χ4n) is 5.43. The van der Waals surface area contributed by atoms with Crippen LogP contribution in [0.1, 0.15) is 85.5 Å². The number of piperidine rings is 1. The van der Waals surface area contributed by atoms with Crippen LogP contribution in [0.15, 0.2) is 0 Å². The van der Waals surface area contributed by atoms with Crippen LogP contribution in [0.5, 0.6) is 0 Å². The maximum absolute atomic E-state index is 2.85. The highest BCUT2D eigenvalue weighted by molar-refractivity contribution is 4.97. The summed E-state index contributed by atoms with van der Waals surface area (Å²) >= 11 is 0. The molecule has 1 nitrogen and oxygen atoms in total. The molecule has 1 saturated heterocycles. The van der Waals surface area contributed by atoms with Gasteiger partial charge in [-0.25, -0.2) is 0 Å². The van der Waals surface area contributed by atoms with Gasteiger partial charge in [0.2, 0.25) is 0 Å². The molecule has 0 radical (unpaired) electrons. The fourth-order valence-corrected chi connectivity index (χ4v) is 5.43. The second-order valence-corrected chi connectivity index (χ2v) is 9.76. The highest BCUT2D eigenvalue weighted by atomic mass is 15.2. The average molecular weight is 292 g/mol. The molecule has 1 unspecified atom stereocenters. The summed E-state index contributed by atoms with van der Waals surface area (Å²) in [5.74, 6) is 1.94. The third-order valence-corrected chi connectivity index (χ3v) is 7.28. The largest absolute Gasteiger partial charge is 0.300 e. The van der Waals surface area contributed by atoms with E-state index < -0.39 is 0 Å². The Morgan fingerprint density at radius 3 is 2.00 bits per heavy atom. The summed E-state index contributed by atoms with van der Waals surface area (Å²) in [7, 11) is 0. The van der Waals surface area contributed by atoms with E-state index >= 15 is 0 Å². The molecule has 0 aromatic carbocycles. The third-order valence-electron chi connectivity index (χ3n) is 7.28. The molecule has 1 aliphatic heterocycles. The Labute approximate surface area is 132 Å². The van der Waals surface area contributed by atoms with Crippen molar-refractivity contribution in [1.82, 2.24) is 4.90 Å². The van der Waals surface area contributed by atoms with Crippen molar-refractivity contribution >= 4 is 0 Å². The molecule has 122 valence electrons. The Morgan fingerprint density at radius 2 is 1.43 bits per heavy atom. The first-order valence-corrected chi connectivity index (χ1v) is 9.62. The van der Waals surface area contributed by atoms with Gasteiger partial charge in [-0.1, -0.05) is 27.7 Å². The topological polar surface area (TPSA) is 3.24 Å². The second kappa shape index (κ2) is 5.87. The SMILES string of the molecule is CC1CCN(C2CCC3(CCC(C(C)(C)C)CC3)C2)CC1. The molecule has 1 spiro atoms. The van der Waals surface area contributed by atoms with Gasteiger partial charge in [0.15, 0.2) is 0 Å². The highest BCUT2D eigenvalue weighted by Gasteiger charge is 2.44. The minimum absolute atomic E-state index is 0.530. The molecular weight excluding hydrogens is 254 g/mol. The summed E-state index contributed by atoms with van der Waals surface area (Å²) in [6.45, 7) is 12.5. The van der Waals surface area contributed by atoms with Crippen LogP contribution in [0.3, 0.4) is 0 Å². The molecule has 1 atom stereocenters. The molecule has 21 heavy (non-hydrogen) atoms. The molecule has 0 N–H and O–H groups in total. The fraction of sp³-hybridized carbons (Fsp3) is 1.00.